The van der Waals surface area contributed by atoms with Crippen molar-refractivity contribution >= 4 is 28.5 Å². The van der Waals surface area contributed by atoms with Crippen LogP contribution in [-0.4, -0.2) is 21.8 Å². The second-order valence-electron chi connectivity index (χ2n) is 6.01. The van der Waals surface area contributed by atoms with Crippen LogP contribution in [-0.2, 0) is 6.54 Å². The number of fused-ring (bicyclic) bond motifs is 1. The minimum Gasteiger partial charge on any atom is -0.467 e. The zero-order chi connectivity index (χ0) is 19.3. The number of nitrogens with zero attached hydrogens (tertiary/aromatic N) is 2. The van der Waals surface area contributed by atoms with Gasteiger partial charge < -0.3 is 15.1 Å². The van der Waals surface area contributed by atoms with E-state index in [-0.39, 0.29) is 18.1 Å². The van der Waals surface area contributed by atoms with Crippen molar-refractivity contribution < 1.29 is 14.0 Å². The summed E-state index contributed by atoms with van der Waals surface area (Å²) in [6.45, 7) is 0.254. The predicted molar refractivity (Wildman–Crippen MR) is 104 cm³/mol. The normalized spacial score (nSPS) is 10.6. The molecule has 2 heterocycles. The van der Waals surface area contributed by atoms with Gasteiger partial charge in [0, 0.05) is 0 Å². The number of amides is 2. The maximum Gasteiger partial charge on any atom is 0.275 e. The minimum atomic E-state index is -0.440. The third-order valence-electron chi connectivity index (χ3n) is 4.10. The summed E-state index contributed by atoms with van der Waals surface area (Å²) in [6.07, 6.45) is 2.96. The maximum atomic E-state index is 12.6. The van der Waals surface area contributed by atoms with Crippen molar-refractivity contribution in [3.05, 3.63) is 90.1 Å². The van der Waals surface area contributed by atoms with Crippen molar-refractivity contribution in [2.75, 3.05) is 5.32 Å². The molecular formula is C21H16N4O3. The van der Waals surface area contributed by atoms with Gasteiger partial charge in [-0.05, 0) is 36.4 Å². The third kappa shape index (κ3) is 3.73. The van der Waals surface area contributed by atoms with E-state index in [0.717, 1.165) is 0 Å². The van der Waals surface area contributed by atoms with Crippen molar-refractivity contribution in [2.45, 2.75) is 6.54 Å². The number of benzene rings is 2. The van der Waals surface area contributed by atoms with Crippen LogP contribution < -0.4 is 10.6 Å². The summed E-state index contributed by atoms with van der Waals surface area (Å²) in [5, 5.41) is 5.51. The molecule has 0 atom stereocenters. The second kappa shape index (κ2) is 7.71. The second-order valence-corrected chi connectivity index (χ2v) is 6.01. The van der Waals surface area contributed by atoms with Crippen LogP contribution >= 0.6 is 0 Å². The molecule has 0 fully saturated rings. The van der Waals surface area contributed by atoms with E-state index in [9.17, 15) is 9.59 Å². The van der Waals surface area contributed by atoms with Gasteiger partial charge in [-0.3, -0.25) is 14.6 Å². The van der Waals surface area contributed by atoms with Gasteiger partial charge in [0.25, 0.3) is 11.8 Å². The number of anilines is 1. The molecule has 2 aromatic heterocycles. The van der Waals surface area contributed by atoms with Gasteiger partial charge in [0.05, 0.1) is 41.3 Å². The number of carbonyl (C=O) groups excluding carboxylic acids is 2. The van der Waals surface area contributed by atoms with E-state index in [1.54, 1.807) is 48.7 Å². The lowest BCUT2D eigenvalue weighted by Crippen LogP contribution is -2.25. The van der Waals surface area contributed by atoms with Gasteiger partial charge in [0.1, 0.15) is 11.5 Å². The Morgan fingerprint density at radius 2 is 1.68 bits per heavy atom. The first-order chi connectivity index (χ1) is 13.7. The summed E-state index contributed by atoms with van der Waals surface area (Å²) in [4.78, 5) is 33.7. The number of nitrogens with one attached hydrogen (secondary N) is 2. The molecule has 4 rings (SSSR count). The number of carbonyl (C=O) groups is 2. The van der Waals surface area contributed by atoms with Crippen molar-refractivity contribution in [2.24, 2.45) is 0 Å². The largest absolute Gasteiger partial charge is 0.467 e. The summed E-state index contributed by atoms with van der Waals surface area (Å²) < 4.78 is 5.21. The molecule has 7 heteroatoms. The topological polar surface area (TPSA) is 97.1 Å². The summed E-state index contributed by atoms with van der Waals surface area (Å²) >= 11 is 0. The first kappa shape index (κ1) is 17.4. The lowest BCUT2D eigenvalue weighted by atomic mass is 10.1. The van der Waals surface area contributed by atoms with E-state index >= 15 is 0 Å². The first-order valence-electron chi connectivity index (χ1n) is 8.63. The van der Waals surface area contributed by atoms with E-state index < -0.39 is 5.91 Å². The summed E-state index contributed by atoms with van der Waals surface area (Å²) in [6, 6.07) is 17.6. The maximum absolute atomic E-state index is 12.6. The zero-order valence-electron chi connectivity index (χ0n) is 14.8. The molecule has 2 N–H and O–H groups in total. The van der Waals surface area contributed by atoms with Crippen LogP contribution in [0.3, 0.4) is 0 Å². The van der Waals surface area contributed by atoms with Crippen LogP contribution in [0.1, 0.15) is 26.6 Å². The Morgan fingerprint density at radius 1 is 0.893 bits per heavy atom. The number of hydrogen-bond donors (Lipinski definition) is 2. The van der Waals surface area contributed by atoms with Crippen LogP contribution in [0, 0.1) is 0 Å². The highest BCUT2D eigenvalue weighted by molar-refractivity contribution is 6.08. The van der Waals surface area contributed by atoms with E-state index in [1.807, 2.05) is 18.2 Å². The summed E-state index contributed by atoms with van der Waals surface area (Å²) in [5.74, 6) is -0.122. The smallest absolute Gasteiger partial charge is 0.275 e. The monoisotopic (exact) mass is 372 g/mol. The van der Waals surface area contributed by atoms with E-state index in [4.69, 9.17) is 4.42 Å². The standard InChI is InChI=1S/C21H16N4O3/c26-20(23-12-14-6-5-11-28-14)15-7-1-2-8-16(15)25-21(27)19-13-22-17-9-3-4-10-18(17)24-19/h1-11,13H,12H2,(H,23,26)(H,25,27). The average molecular weight is 372 g/mol. The van der Waals surface area contributed by atoms with Gasteiger partial charge in [0.15, 0.2) is 0 Å². The molecule has 0 radical (unpaired) electrons. The third-order valence-corrected chi connectivity index (χ3v) is 4.10. The Labute approximate surface area is 160 Å². The summed E-state index contributed by atoms with van der Waals surface area (Å²) in [5.41, 5.74) is 2.23. The molecule has 0 spiro atoms. The molecule has 0 saturated heterocycles. The van der Waals surface area contributed by atoms with Crippen molar-refractivity contribution in [1.82, 2.24) is 15.3 Å². The van der Waals surface area contributed by atoms with Crippen LogP contribution in [0.5, 0.6) is 0 Å². The Balaban J connectivity index is 1.52. The van der Waals surface area contributed by atoms with E-state index in [0.29, 0.717) is 28.0 Å². The molecule has 0 aliphatic carbocycles. The fourth-order valence-electron chi connectivity index (χ4n) is 2.72. The highest BCUT2D eigenvalue weighted by atomic mass is 16.3. The Morgan fingerprint density at radius 3 is 2.50 bits per heavy atom. The van der Waals surface area contributed by atoms with Crippen LogP contribution in [0.4, 0.5) is 5.69 Å². The number of hydrogen-bond acceptors (Lipinski definition) is 5. The zero-order valence-corrected chi connectivity index (χ0v) is 14.8. The number of rotatable bonds is 5. The van der Waals surface area contributed by atoms with Gasteiger partial charge >= 0.3 is 0 Å². The van der Waals surface area contributed by atoms with Crippen LogP contribution in [0.15, 0.2) is 77.5 Å². The minimum absolute atomic E-state index is 0.171. The molecule has 0 aliphatic rings. The van der Waals surface area contributed by atoms with Crippen molar-refractivity contribution in [3.8, 4) is 0 Å². The van der Waals surface area contributed by atoms with Gasteiger partial charge in [-0.1, -0.05) is 24.3 Å². The number of para-hydroxylation sites is 3. The van der Waals surface area contributed by atoms with Crippen LogP contribution in [0.2, 0.25) is 0 Å². The molecular weight excluding hydrogens is 356 g/mol. The van der Waals surface area contributed by atoms with E-state index in [2.05, 4.69) is 20.6 Å². The predicted octanol–water partition coefficient (Wildman–Crippen LogP) is 3.41. The number of furan rings is 1. The quantitative estimate of drug-likeness (QED) is 0.560. The lowest BCUT2D eigenvalue weighted by Gasteiger charge is -2.11. The fourth-order valence-corrected chi connectivity index (χ4v) is 2.72. The molecule has 2 aromatic carbocycles. The molecule has 2 amide bonds. The van der Waals surface area contributed by atoms with Gasteiger partial charge in [-0.25, -0.2) is 4.98 Å². The molecule has 4 aromatic rings. The van der Waals surface area contributed by atoms with Gasteiger partial charge in [-0.2, -0.15) is 0 Å². The van der Waals surface area contributed by atoms with Crippen molar-refractivity contribution in [3.63, 3.8) is 0 Å². The average Bonchev–Trinajstić information content (AvgIpc) is 3.25. The lowest BCUT2D eigenvalue weighted by molar-refractivity contribution is 0.0949. The molecule has 0 aliphatic heterocycles. The van der Waals surface area contributed by atoms with Gasteiger partial charge in [-0.15, -0.1) is 0 Å². The molecule has 0 unspecified atom stereocenters. The summed E-state index contributed by atoms with van der Waals surface area (Å²) in [7, 11) is 0. The Hall–Kier alpha value is -4.00. The van der Waals surface area contributed by atoms with Crippen molar-refractivity contribution in [1.29, 1.82) is 0 Å². The van der Waals surface area contributed by atoms with E-state index in [1.165, 1.54) is 6.20 Å². The van der Waals surface area contributed by atoms with Crippen LogP contribution in [0.25, 0.3) is 11.0 Å². The molecule has 0 saturated carbocycles. The Bertz CT molecular complexity index is 1140. The molecule has 0 bridgehead atoms. The highest BCUT2D eigenvalue weighted by Crippen LogP contribution is 2.17. The molecule has 7 nitrogen and oxygen atoms in total. The number of aromatic nitrogens is 2. The molecule has 138 valence electrons. The Kier molecular flexibility index (Phi) is 4.79. The SMILES string of the molecule is O=C(Nc1ccccc1C(=O)NCc1ccco1)c1cnc2ccccc2n1. The fraction of sp³-hybridized carbons (Fsp3) is 0.0476. The molecule has 28 heavy (non-hydrogen) atoms. The van der Waals surface area contributed by atoms with Gasteiger partial charge in [0.2, 0.25) is 0 Å². The highest BCUT2D eigenvalue weighted by Gasteiger charge is 2.15. The first-order valence-corrected chi connectivity index (χ1v) is 8.63.